The highest BCUT2D eigenvalue weighted by molar-refractivity contribution is 6.31. The molecule has 0 amide bonds. The summed E-state index contributed by atoms with van der Waals surface area (Å²) in [5.41, 5.74) is 3.23. The molecule has 5 nitrogen and oxygen atoms in total. The molecular weight excluding hydrogens is 362 g/mol. The van der Waals surface area contributed by atoms with Crippen molar-refractivity contribution in [3.63, 3.8) is 0 Å². The van der Waals surface area contributed by atoms with E-state index in [0.717, 1.165) is 67.5 Å². The largest absolute Gasteiger partial charge is 0.391 e. The number of hydrogen-bond acceptors (Lipinski definition) is 5. The van der Waals surface area contributed by atoms with E-state index in [1.54, 1.807) is 0 Å². The number of aryl methyl sites for hydroxylation is 2. The quantitative estimate of drug-likeness (QED) is 0.867. The average molecular weight is 390 g/mol. The van der Waals surface area contributed by atoms with Gasteiger partial charge in [-0.1, -0.05) is 22.8 Å². The summed E-state index contributed by atoms with van der Waals surface area (Å²) in [6, 6.07) is 8.85. The van der Waals surface area contributed by atoms with E-state index in [1.807, 2.05) is 19.9 Å². The average Bonchev–Trinajstić information content (AvgIpc) is 3.23. The Balaban J connectivity index is 1.32. The summed E-state index contributed by atoms with van der Waals surface area (Å²) < 4.78 is 5.34. The first-order chi connectivity index (χ1) is 13.0. The summed E-state index contributed by atoms with van der Waals surface area (Å²) in [4.78, 5) is 4.89. The SMILES string of the molecule is Cc1cc(C[C@@H]2CN(C3CCN(c4ccc(C)c(Cl)c4)CC3)C[C@@H]2O)on1. The standard InChI is InChI=1S/C21H28ClN3O2/c1-14-3-4-18(11-20(14)22)24-7-5-17(6-8-24)25-12-16(21(26)13-25)10-19-9-15(2)23-27-19/h3-4,9,11,16-17,21,26H,5-8,10,12-13H2,1-2H3/t16-,21+/m1/s1. The lowest BCUT2D eigenvalue weighted by Crippen LogP contribution is -2.44. The second kappa shape index (κ2) is 7.82. The van der Waals surface area contributed by atoms with Crippen molar-refractivity contribution in [2.24, 2.45) is 5.92 Å². The zero-order valence-corrected chi connectivity index (χ0v) is 16.8. The minimum absolute atomic E-state index is 0.228. The number of piperidine rings is 1. The fraction of sp³-hybridized carbons (Fsp3) is 0.571. The molecule has 0 aliphatic carbocycles. The Hall–Kier alpha value is -1.56. The van der Waals surface area contributed by atoms with Crippen molar-refractivity contribution >= 4 is 17.3 Å². The van der Waals surface area contributed by atoms with Crippen molar-refractivity contribution in [2.75, 3.05) is 31.1 Å². The number of hydrogen-bond donors (Lipinski definition) is 1. The summed E-state index contributed by atoms with van der Waals surface area (Å²) in [6.45, 7) is 7.72. The highest BCUT2D eigenvalue weighted by atomic mass is 35.5. The maximum atomic E-state index is 10.5. The maximum absolute atomic E-state index is 10.5. The Kier molecular flexibility index (Phi) is 5.44. The van der Waals surface area contributed by atoms with Gasteiger partial charge < -0.3 is 14.5 Å². The molecule has 4 rings (SSSR count). The number of β-amino-alcohol motifs (C(OH)–C–C–N with tert-alkyl or cyclic N) is 1. The number of anilines is 1. The van der Waals surface area contributed by atoms with Gasteiger partial charge in [-0.15, -0.1) is 0 Å². The van der Waals surface area contributed by atoms with Gasteiger partial charge in [-0.25, -0.2) is 0 Å². The first-order valence-corrected chi connectivity index (χ1v) is 10.2. The number of aliphatic hydroxyl groups is 1. The first kappa shape index (κ1) is 18.8. The van der Waals surface area contributed by atoms with E-state index in [4.69, 9.17) is 16.1 Å². The van der Waals surface area contributed by atoms with Crippen LogP contribution >= 0.6 is 11.6 Å². The van der Waals surface area contributed by atoms with Gasteiger partial charge in [0.1, 0.15) is 5.76 Å². The molecule has 146 valence electrons. The minimum atomic E-state index is -0.288. The molecule has 1 aromatic heterocycles. The van der Waals surface area contributed by atoms with Crippen LogP contribution in [-0.2, 0) is 6.42 Å². The number of benzene rings is 1. The fourth-order valence-electron chi connectivity index (χ4n) is 4.42. The van der Waals surface area contributed by atoms with Crippen molar-refractivity contribution in [1.29, 1.82) is 0 Å². The third kappa shape index (κ3) is 4.15. The molecule has 2 aliphatic rings. The van der Waals surface area contributed by atoms with Gasteiger partial charge in [-0.05, 0) is 44.4 Å². The molecule has 0 saturated carbocycles. The number of likely N-dealkylation sites (tertiary alicyclic amines) is 1. The molecule has 2 aromatic rings. The van der Waals surface area contributed by atoms with Crippen LogP contribution in [-0.4, -0.2) is 53.5 Å². The van der Waals surface area contributed by atoms with Crippen molar-refractivity contribution < 1.29 is 9.63 Å². The zero-order chi connectivity index (χ0) is 19.0. The molecule has 2 aliphatic heterocycles. The van der Waals surface area contributed by atoms with E-state index in [1.165, 1.54) is 5.69 Å². The van der Waals surface area contributed by atoms with Gasteiger partial charge in [0.2, 0.25) is 0 Å². The van der Waals surface area contributed by atoms with E-state index in [2.05, 4.69) is 33.2 Å². The minimum Gasteiger partial charge on any atom is -0.391 e. The topological polar surface area (TPSA) is 52.7 Å². The molecule has 0 bridgehead atoms. The molecule has 0 spiro atoms. The second-order valence-electron chi connectivity index (χ2n) is 8.07. The molecule has 2 fully saturated rings. The number of halogens is 1. The van der Waals surface area contributed by atoms with Crippen LogP contribution < -0.4 is 4.90 Å². The second-order valence-corrected chi connectivity index (χ2v) is 8.48. The summed E-state index contributed by atoms with van der Waals surface area (Å²) in [5, 5.41) is 15.3. The Morgan fingerprint density at radius 2 is 1.96 bits per heavy atom. The molecule has 1 aromatic carbocycles. The van der Waals surface area contributed by atoms with Crippen LogP contribution in [0.3, 0.4) is 0 Å². The highest BCUT2D eigenvalue weighted by Crippen LogP contribution is 2.30. The lowest BCUT2D eigenvalue weighted by molar-refractivity contribution is 0.129. The zero-order valence-electron chi connectivity index (χ0n) is 16.1. The number of aliphatic hydroxyl groups excluding tert-OH is 1. The van der Waals surface area contributed by atoms with Crippen LogP contribution in [0, 0.1) is 19.8 Å². The highest BCUT2D eigenvalue weighted by Gasteiger charge is 2.36. The van der Waals surface area contributed by atoms with Crippen molar-refractivity contribution in [3.05, 3.63) is 46.3 Å². The van der Waals surface area contributed by atoms with Crippen LogP contribution in [0.4, 0.5) is 5.69 Å². The first-order valence-electron chi connectivity index (χ1n) is 9.85. The predicted molar refractivity (Wildman–Crippen MR) is 107 cm³/mol. The Bertz CT molecular complexity index is 785. The van der Waals surface area contributed by atoms with Gasteiger partial charge in [0.25, 0.3) is 0 Å². The molecule has 6 heteroatoms. The van der Waals surface area contributed by atoms with E-state index in [9.17, 15) is 5.11 Å². The molecule has 0 radical (unpaired) electrons. The predicted octanol–water partition coefficient (Wildman–Crippen LogP) is 3.45. The summed E-state index contributed by atoms with van der Waals surface area (Å²) in [7, 11) is 0. The summed E-state index contributed by atoms with van der Waals surface area (Å²) in [6.07, 6.45) is 2.71. The molecule has 1 N–H and O–H groups in total. The van der Waals surface area contributed by atoms with Gasteiger partial charge in [-0.3, -0.25) is 4.90 Å². The van der Waals surface area contributed by atoms with Crippen molar-refractivity contribution in [3.8, 4) is 0 Å². The summed E-state index contributed by atoms with van der Waals surface area (Å²) >= 11 is 6.29. The van der Waals surface area contributed by atoms with Crippen LogP contribution in [0.5, 0.6) is 0 Å². The maximum Gasteiger partial charge on any atom is 0.137 e. The van der Waals surface area contributed by atoms with E-state index < -0.39 is 0 Å². The third-order valence-corrected chi connectivity index (χ3v) is 6.48. The van der Waals surface area contributed by atoms with E-state index in [0.29, 0.717) is 6.04 Å². The van der Waals surface area contributed by atoms with E-state index >= 15 is 0 Å². The number of nitrogens with zero attached hydrogens (tertiary/aromatic N) is 3. The molecule has 0 unspecified atom stereocenters. The molecule has 2 atom stereocenters. The lowest BCUT2D eigenvalue weighted by Gasteiger charge is -2.38. The van der Waals surface area contributed by atoms with Gasteiger partial charge in [0.15, 0.2) is 0 Å². The smallest absolute Gasteiger partial charge is 0.137 e. The van der Waals surface area contributed by atoms with E-state index in [-0.39, 0.29) is 12.0 Å². The normalized spacial score (nSPS) is 24.7. The van der Waals surface area contributed by atoms with Crippen molar-refractivity contribution in [2.45, 2.75) is 45.3 Å². The van der Waals surface area contributed by atoms with Gasteiger partial charge >= 0.3 is 0 Å². The Labute approximate surface area is 165 Å². The molecule has 2 saturated heterocycles. The van der Waals surface area contributed by atoms with Crippen LogP contribution in [0.25, 0.3) is 0 Å². The van der Waals surface area contributed by atoms with Crippen LogP contribution in [0.2, 0.25) is 5.02 Å². The van der Waals surface area contributed by atoms with Gasteiger partial charge in [-0.2, -0.15) is 0 Å². The molecule has 27 heavy (non-hydrogen) atoms. The number of aromatic nitrogens is 1. The number of rotatable bonds is 4. The van der Waals surface area contributed by atoms with Crippen molar-refractivity contribution in [1.82, 2.24) is 10.1 Å². The summed E-state index contributed by atoms with van der Waals surface area (Å²) in [5.74, 6) is 1.11. The van der Waals surface area contributed by atoms with Gasteiger partial charge in [0.05, 0.1) is 11.8 Å². The molecule has 3 heterocycles. The van der Waals surface area contributed by atoms with Gasteiger partial charge in [0, 0.05) is 61.3 Å². The lowest BCUT2D eigenvalue weighted by atomic mass is 10.00. The Morgan fingerprint density at radius 1 is 1.19 bits per heavy atom. The Morgan fingerprint density at radius 3 is 2.63 bits per heavy atom. The van der Waals surface area contributed by atoms with Crippen LogP contribution in [0.15, 0.2) is 28.8 Å². The monoisotopic (exact) mass is 389 g/mol. The fourth-order valence-corrected chi connectivity index (χ4v) is 4.60. The third-order valence-electron chi connectivity index (χ3n) is 6.08. The molecular formula is C21H28ClN3O2. The van der Waals surface area contributed by atoms with Crippen LogP contribution in [0.1, 0.15) is 29.9 Å².